The van der Waals surface area contributed by atoms with Crippen LogP contribution in [0.3, 0.4) is 0 Å². The number of hydrogen-bond donors (Lipinski definition) is 1. The molecule has 3 aromatic heterocycles. The summed E-state index contributed by atoms with van der Waals surface area (Å²) in [6.45, 7) is 4.48. The van der Waals surface area contributed by atoms with Crippen LogP contribution >= 0.6 is 11.5 Å². The molecule has 1 N–H and O–H groups in total. The van der Waals surface area contributed by atoms with Gasteiger partial charge in [0, 0.05) is 32.4 Å². The van der Waals surface area contributed by atoms with E-state index in [0.717, 1.165) is 23.2 Å². The zero-order valence-electron chi connectivity index (χ0n) is 14.7. The van der Waals surface area contributed by atoms with Gasteiger partial charge in [-0.25, -0.2) is 4.98 Å². The molecule has 0 aliphatic carbocycles. The standard InChI is InChI=1S/C17H18N8OS/c1-12-16(27-23-20-12)17(26)25-10-8-24(9-11-25)15-6-5-14(21-22-15)19-13-4-2-3-7-18-13/h2-7H,8-11H2,1H3,(H,18,19,21). The van der Waals surface area contributed by atoms with E-state index in [-0.39, 0.29) is 5.91 Å². The predicted molar refractivity (Wildman–Crippen MR) is 102 cm³/mol. The minimum Gasteiger partial charge on any atom is -0.352 e. The first-order chi connectivity index (χ1) is 13.2. The molecule has 1 aliphatic heterocycles. The number of anilines is 3. The Morgan fingerprint density at radius 2 is 1.89 bits per heavy atom. The van der Waals surface area contributed by atoms with E-state index in [1.165, 1.54) is 0 Å². The second kappa shape index (κ2) is 7.62. The van der Waals surface area contributed by atoms with Gasteiger partial charge < -0.3 is 15.1 Å². The number of amides is 1. The molecule has 1 saturated heterocycles. The van der Waals surface area contributed by atoms with Crippen LogP contribution in [0, 0.1) is 6.92 Å². The molecule has 138 valence electrons. The van der Waals surface area contributed by atoms with Crippen molar-refractivity contribution in [2.75, 3.05) is 36.4 Å². The van der Waals surface area contributed by atoms with Crippen molar-refractivity contribution in [3.63, 3.8) is 0 Å². The van der Waals surface area contributed by atoms with Gasteiger partial charge in [0.25, 0.3) is 5.91 Å². The quantitative estimate of drug-likeness (QED) is 0.728. The summed E-state index contributed by atoms with van der Waals surface area (Å²) in [5, 5.41) is 15.5. The summed E-state index contributed by atoms with van der Waals surface area (Å²) in [7, 11) is 0. The average Bonchev–Trinajstić information content (AvgIpc) is 3.15. The van der Waals surface area contributed by atoms with E-state index in [2.05, 4.69) is 35.0 Å². The van der Waals surface area contributed by atoms with Crippen LogP contribution < -0.4 is 10.2 Å². The molecule has 1 aliphatic rings. The highest BCUT2D eigenvalue weighted by atomic mass is 32.1. The molecule has 10 heteroatoms. The molecule has 0 radical (unpaired) electrons. The Morgan fingerprint density at radius 1 is 1.04 bits per heavy atom. The lowest BCUT2D eigenvalue weighted by molar-refractivity contribution is 0.0750. The number of aryl methyl sites for hydroxylation is 1. The van der Waals surface area contributed by atoms with Crippen molar-refractivity contribution in [1.29, 1.82) is 0 Å². The van der Waals surface area contributed by atoms with Crippen LogP contribution in [0.15, 0.2) is 36.5 Å². The molecule has 4 rings (SSSR count). The lowest BCUT2D eigenvalue weighted by Gasteiger charge is -2.34. The number of hydrogen-bond acceptors (Lipinski definition) is 9. The van der Waals surface area contributed by atoms with E-state index < -0.39 is 0 Å². The fraction of sp³-hybridized carbons (Fsp3) is 0.294. The van der Waals surface area contributed by atoms with E-state index in [0.29, 0.717) is 42.6 Å². The van der Waals surface area contributed by atoms with Gasteiger partial charge in [0.15, 0.2) is 11.6 Å². The molecule has 0 saturated carbocycles. The van der Waals surface area contributed by atoms with Crippen molar-refractivity contribution >= 4 is 34.9 Å². The molecule has 27 heavy (non-hydrogen) atoms. The Hall–Kier alpha value is -3.14. The normalized spacial score (nSPS) is 14.3. The summed E-state index contributed by atoms with van der Waals surface area (Å²) < 4.78 is 3.84. The minimum absolute atomic E-state index is 0.00291. The number of carbonyl (C=O) groups excluding carboxylic acids is 1. The Bertz CT molecular complexity index is 906. The lowest BCUT2D eigenvalue weighted by Crippen LogP contribution is -2.49. The molecule has 1 amide bonds. The van der Waals surface area contributed by atoms with Crippen LogP contribution in [0.5, 0.6) is 0 Å². The van der Waals surface area contributed by atoms with Crippen molar-refractivity contribution in [3.05, 3.63) is 47.1 Å². The summed E-state index contributed by atoms with van der Waals surface area (Å²) in [6, 6.07) is 9.43. The van der Waals surface area contributed by atoms with E-state index in [9.17, 15) is 4.79 Å². The largest absolute Gasteiger partial charge is 0.352 e. The second-order valence-corrected chi connectivity index (χ2v) is 6.84. The molecule has 0 aromatic carbocycles. The van der Waals surface area contributed by atoms with E-state index >= 15 is 0 Å². The summed E-state index contributed by atoms with van der Waals surface area (Å²) in [5.74, 6) is 2.16. The van der Waals surface area contributed by atoms with Crippen LogP contribution in [0.1, 0.15) is 15.4 Å². The first kappa shape index (κ1) is 17.3. The van der Waals surface area contributed by atoms with Gasteiger partial charge in [-0.15, -0.1) is 15.3 Å². The maximum atomic E-state index is 12.5. The number of carbonyl (C=O) groups is 1. The molecule has 1 fully saturated rings. The highest BCUT2D eigenvalue weighted by Gasteiger charge is 2.25. The summed E-state index contributed by atoms with van der Waals surface area (Å²) >= 11 is 1.15. The molecular formula is C17H18N8OS. The van der Waals surface area contributed by atoms with Crippen molar-refractivity contribution in [1.82, 2.24) is 29.7 Å². The number of rotatable bonds is 4. The highest BCUT2D eigenvalue weighted by Crippen LogP contribution is 2.18. The highest BCUT2D eigenvalue weighted by molar-refractivity contribution is 7.07. The Morgan fingerprint density at radius 3 is 2.52 bits per heavy atom. The Balaban J connectivity index is 1.35. The fourth-order valence-corrected chi connectivity index (χ4v) is 3.46. The molecule has 0 bridgehead atoms. The van der Waals surface area contributed by atoms with Gasteiger partial charge >= 0.3 is 0 Å². The molecule has 0 unspecified atom stereocenters. The third kappa shape index (κ3) is 3.85. The second-order valence-electron chi connectivity index (χ2n) is 6.08. The molecule has 0 atom stereocenters. The smallest absolute Gasteiger partial charge is 0.267 e. The first-order valence-electron chi connectivity index (χ1n) is 8.55. The lowest BCUT2D eigenvalue weighted by atomic mass is 10.2. The molecule has 0 spiro atoms. The maximum absolute atomic E-state index is 12.5. The fourth-order valence-electron chi connectivity index (χ4n) is 2.84. The topological polar surface area (TPSA) is 100 Å². The Kier molecular flexibility index (Phi) is 4.88. The maximum Gasteiger partial charge on any atom is 0.267 e. The van der Waals surface area contributed by atoms with Gasteiger partial charge in [-0.1, -0.05) is 10.6 Å². The zero-order chi connectivity index (χ0) is 18.6. The third-order valence-electron chi connectivity index (χ3n) is 4.31. The monoisotopic (exact) mass is 382 g/mol. The van der Waals surface area contributed by atoms with E-state index in [1.54, 1.807) is 6.20 Å². The molecule has 9 nitrogen and oxygen atoms in total. The van der Waals surface area contributed by atoms with Crippen molar-refractivity contribution in [2.45, 2.75) is 6.92 Å². The van der Waals surface area contributed by atoms with Crippen molar-refractivity contribution < 1.29 is 4.79 Å². The van der Waals surface area contributed by atoms with Crippen LogP contribution in [0.4, 0.5) is 17.5 Å². The predicted octanol–water partition coefficient (Wildman–Crippen LogP) is 1.74. The SMILES string of the molecule is Cc1nnsc1C(=O)N1CCN(c2ccc(Nc3ccccn3)nn2)CC1. The van der Waals surface area contributed by atoms with Gasteiger partial charge in [-0.05, 0) is 42.7 Å². The van der Waals surface area contributed by atoms with E-state index in [1.807, 2.05) is 42.2 Å². The van der Waals surface area contributed by atoms with Gasteiger partial charge in [0.05, 0.1) is 5.69 Å². The number of piperazine rings is 1. The number of nitrogens with one attached hydrogen (secondary N) is 1. The minimum atomic E-state index is 0.00291. The summed E-state index contributed by atoms with van der Waals surface area (Å²) in [4.78, 5) is 21.3. The number of pyridine rings is 1. The van der Waals surface area contributed by atoms with Gasteiger partial charge in [0.1, 0.15) is 10.7 Å². The van der Waals surface area contributed by atoms with Crippen LogP contribution in [0.2, 0.25) is 0 Å². The van der Waals surface area contributed by atoms with Gasteiger partial charge in [-0.3, -0.25) is 4.79 Å². The van der Waals surface area contributed by atoms with Crippen molar-refractivity contribution in [2.24, 2.45) is 0 Å². The van der Waals surface area contributed by atoms with Crippen molar-refractivity contribution in [3.8, 4) is 0 Å². The third-order valence-corrected chi connectivity index (χ3v) is 5.12. The molecule has 4 heterocycles. The summed E-state index contributed by atoms with van der Waals surface area (Å²) in [6.07, 6.45) is 1.72. The van der Waals surface area contributed by atoms with Crippen LogP contribution in [-0.2, 0) is 0 Å². The van der Waals surface area contributed by atoms with Crippen LogP contribution in [0.25, 0.3) is 0 Å². The van der Waals surface area contributed by atoms with Crippen LogP contribution in [-0.4, -0.2) is 61.8 Å². The van der Waals surface area contributed by atoms with E-state index in [4.69, 9.17) is 0 Å². The molecule has 3 aromatic rings. The van der Waals surface area contributed by atoms with Gasteiger partial charge in [-0.2, -0.15) is 0 Å². The van der Waals surface area contributed by atoms with Gasteiger partial charge in [0.2, 0.25) is 0 Å². The Labute approximate surface area is 160 Å². The molecular weight excluding hydrogens is 364 g/mol. The first-order valence-corrected chi connectivity index (χ1v) is 9.33. The summed E-state index contributed by atoms with van der Waals surface area (Å²) in [5.41, 5.74) is 0.689. The number of nitrogens with zero attached hydrogens (tertiary/aromatic N) is 7. The average molecular weight is 382 g/mol. The number of aromatic nitrogens is 5. The zero-order valence-corrected chi connectivity index (χ0v) is 15.6.